The zero-order valence-corrected chi connectivity index (χ0v) is 16.8. The van der Waals surface area contributed by atoms with Gasteiger partial charge in [0.25, 0.3) is 5.56 Å². The maximum atomic E-state index is 12.7. The highest BCUT2D eigenvalue weighted by molar-refractivity contribution is 9.10. The van der Waals surface area contributed by atoms with Gasteiger partial charge in [0.2, 0.25) is 5.91 Å². The van der Waals surface area contributed by atoms with Crippen molar-refractivity contribution in [2.24, 2.45) is 0 Å². The number of carbonyl (C=O) groups excluding carboxylic acids is 1. The van der Waals surface area contributed by atoms with E-state index in [0.29, 0.717) is 33.9 Å². The Bertz CT molecular complexity index is 1100. The van der Waals surface area contributed by atoms with E-state index in [2.05, 4.69) is 26.2 Å². The molecule has 8 heteroatoms. The highest BCUT2D eigenvalue weighted by Crippen LogP contribution is 2.21. The number of benzene rings is 2. The van der Waals surface area contributed by atoms with Crippen LogP contribution in [0.4, 0.5) is 5.69 Å². The fraction of sp³-hybridized carbons (Fsp3) is 0.158. The molecule has 0 radical (unpaired) electrons. The van der Waals surface area contributed by atoms with Crippen LogP contribution in [-0.2, 0) is 11.3 Å². The molecule has 1 N–H and O–H groups in total. The summed E-state index contributed by atoms with van der Waals surface area (Å²) in [5.41, 5.74) is 1.62. The first kappa shape index (κ1) is 19.1. The maximum Gasteiger partial charge on any atom is 0.262 e. The van der Waals surface area contributed by atoms with Crippen LogP contribution in [0, 0.1) is 11.3 Å². The second kappa shape index (κ2) is 8.37. The molecule has 3 aromatic rings. The summed E-state index contributed by atoms with van der Waals surface area (Å²) in [6.07, 6.45) is 0. The number of amides is 1. The van der Waals surface area contributed by atoms with Crippen LogP contribution in [0.25, 0.3) is 10.9 Å². The smallest absolute Gasteiger partial charge is 0.262 e. The van der Waals surface area contributed by atoms with Gasteiger partial charge in [-0.15, -0.1) is 0 Å². The van der Waals surface area contributed by atoms with Crippen molar-refractivity contribution in [2.75, 3.05) is 11.1 Å². The number of nitrogens with zero attached hydrogens (tertiary/aromatic N) is 3. The van der Waals surface area contributed by atoms with Gasteiger partial charge in [-0.25, -0.2) is 4.98 Å². The number of anilines is 1. The van der Waals surface area contributed by atoms with Crippen molar-refractivity contribution in [3.05, 3.63) is 62.9 Å². The third-order valence-corrected chi connectivity index (χ3v) is 5.30. The van der Waals surface area contributed by atoms with Gasteiger partial charge in [-0.05, 0) is 49.4 Å². The zero-order valence-electron chi connectivity index (χ0n) is 14.4. The second-order valence-electron chi connectivity index (χ2n) is 5.63. The summed E-state index contributed by atoms with van der Waals surface area (Å²) in [6, 6.07) is 14.0. The van der Waals surface area contributed by atoms with Crippen molar-refractivity contribution in [1.29, 1.82) is 5.26 Å². The normalized spacial score (nSPS) is 10.6. The first-order valence-corrected chi connectivity index (χ1v) is 9.92. The third kappa shape index (κ3) is 4.38. The number of carbonyl (C=O) groups is 1. The van der Waals surface area contributed by atoms with E-state index in [0.717, 1.165) is 4.47 Å². The summed E-state index contributed by atoms with van der Waals surface area (Å²) >= 11 is 4.59. The van der Waals surface area contributed by atoms with E-state index in [1.54, 1.807) is 41.0 Å². The highest BCUT2D eigenvalue weighted by Gasteiger charge is 2.13. The van der Waals surface area contributed by atoms with Crippen molar-refractivity contribution in [3.63, 3.8) is 0 Å². The number of halogens is 1. The fourth-order valence-electron chi connectivity index (χ4n) is 2.52. The van der Waals surface area contributed by atoms with Gasteiger partial charge in [-0.3, -0.25) is 14.2 Å². The monoisotopic (exact) mass is 442 g/mol. The van der Waals surface area contributed by atoms with Gasteiger partial charge >= 0.3 is 0 Å². The predicted molar refractivity (Wildman–Crippen MR) is 110 cm³/mol. The molecule has 1 heterocycles. The lowest BCUT2D eigenvalue weighted by molar-refractivity contribution is -0.113. The molecule has 0 unspecified atom stereocenters. The Morgan fingerprint density at radius 2 is 2.04 bits per heavy atom. The van der Waals surface area contributed by atoms with Gasteiger partial charge in [0, 0.05) is 16.7 Å². The van der Waals surface area contributed by atoms with E-state index in [1.165, 1.54) is 11.8 Å². The molecule has 0 aliphatic rings. The number of fused-ring (bicyclic) bond motifs is 1. The molecule has 0 bridgehead atoms. The lowest BCUT2D eigenvalue weighted by Crippen LogP contribution is -2.23. The molecule has 3 rings (SSSR count). The molecule has 1 amide bonds. The molecule has 0 saturated heterocycles. The number of hydrogen-bond donors (Lipinski definition) is 1. The quantitative estimate of drug-likeness (QED) is 0.479. The van der Waals surface area contributed by atoms with Crippen LogP contribution in [0.15, 0.2) is 56.9 Å². The number of rotatable bonds is 5. The minimum Gasteiger partial charge on any atom is -0.325 e. The number of aromatic nitrogens is 2. The summed E-state index contributed by atoms with van der Waals surface area (Å²) in [7, 11) is 0. The summed E-state index contributed by atoms with van der Waals surface area (Å²) < 4.78 is 2.38. The van der Waals surface area contributed by atoms with Gasteiger partial charge in [0.05, 0.1) is 28.3 Å². The Kier molecular flexibility index (Phi) is 5.94. The zero-order chi connectivity index (χ0) is 19.4. The predicted octanol–water partition coefficient (Wildman–Crippen LogP) is 3.78. The van der Waals surface area contributed by atoms with Gasteiger partial charge < -0.3 is 5.32 Å². The van der Waals surface area contributed by atoms with Crippen LogP contribution in [0.5, 0.6) is 0 Å². The van der Waals surface area contributed by atoms with Crippen molar-refractivity contribution in [3.8, 4) is 6.07 Å². The minimum absolute atomic E-state index is 0.120. The average molecular weight is 443 g/mol. The van der Waals surface area contributed by atoms with E-state index in [1.807, 2.05) is 19.1 Å². The summed E-state index contributed by atoms with van der Waals surface area (Å²) in [4.78, 5) is 29.4. The number of nitrogens with one attached hydrogen (secondary N) is 1. The van der Waals surface area contributed by atoms with Crippen molar-refractivity contribution < 1.29 is 4.79 Å². The van der Waals surface area contributed by atoms with E-state index >= 15 is 0 Å². The first-order chi connectivity index (χ1) is 13.0. The SMILES string of the molecule is CCn1c(SCC(=O)Nc2ccc(C#N)cc2)nc2ccc(Br)cc2c1=O. The van der Waals surface area contributed by atoms with Crippen molar-refractivity contribution in [2.45, 2.75) is 18.6 Å². The van der Waals surface area contributed by atoms with Crippen LogP contribution >= 0.6 is 27.7 Å². The van der Waals surface area contributed by atoms with E-state index in [-0.39, 0.29) is 17.2 Å². The number of nitriles is 1. The highest BCUT2D eigenvalue weighted by atomic mass is 79.9. The topological polar surface area (TPSA) is 87.8 Å². The average Bonchev–Trinajstić information content (AvgIpc) is 2.67. The van der Waals surface area contributed by atoms with E-state index in [4.69, 9.17) is 5.26 Å². The molecule has 136 valence electrons. The first-order valence-electron chi connectivity index (χ1n) is 8.14. The lowest BCUT2D eigenvalue weighted by atomic mass is 10.2. The summed E-state index contributed by atoms with van der Waals surface area (Å²) in [5, 5.41) is 12.6. The molecule has 6 nitrogen and oxygen atoms in total. The van der Waals surface area contributed by atoms with Gasteiger partial charge in [-0.2, -0.15) is 5.26 Å². The molecule has 0 fully saturated rings. The maximum absolute atomic E-state index is 12.7. The molecule has 0 aliphatic carbocycles. The standard InChI is InChI=1S/C19H15BrN4O2S/c1-2-24-18(26)15-9-13(20)5-8-16(15)23-19(24)27-11-17(25)22-14-6-3-12(10-21)4-7-14/h3-9H,2,11H2,1H3,(H,22,25). The molecular formula is C19H15BrN4O2S. The molecule has 27 heavy (non-hydrogen) atoms. The molecular weight excluding hydrogens is 428 g/mol. The molecule has 0 spiro atoms. The van der Waals surface area contributed by atoms with Crippen LogP contribution in [0.2, 0.25) is 0 Å². The lowest BCUT2D eigenvalue weighted by Gasteiger charge is -2.11. The second-order valence-corrected chi connectivity index (χ2v) is 7.49. The van der Waals surface area contributed by atoms with Crippen LogP contribution in [0.1, 0.15) is 12.5 Å². The number of hydrogen-bond acceptors (Lipinski definition) is 5. The number of thioether (sulfide) groups is 1. The van der Waals surface area contributed by atoms with Crippen LogP contribution < -0.4 is 10.9 Å². The van der Waals surface area contributed by atoms with Crippen molar-refractivity contribution in [1.82, 2.24) is 9.55 Å². The van der Waals surface area contributed by atoms with E-state index in [9.17, 15) is 9.59 Å². The Balaban J connectivity index is 1.77. The molecule has 1 aromatic heterocycles. The molecule has 0 aliphatic heterocycles. The van der Waals surface area contributed by atoms with Crippen molar-refractivity contribution >= 4 is 50.2 Å². The molecule has 0 atom stereocenters. The largest absolute Gasteiger partial charge is 0.325 e. The summed E-state index contributed by atoms with van der Waals surface area (Å²) in [6.45, 7) is 2.33. The van der Waals surface area contributed by atoms with Gasteiger partial charge in [0.15, 0.2) is 5.16 Å². The van der Waals surface area contributed by atoms with Crippen LogP contribution in [-0.4, -0.2) is 21.2 Å². The van der Waals surface area contributed by atoms with Gasteiger partial charge in [-0.1, -0.05) is 27.7 Å². The molecule has 2 aromatic carbocycles. The third-order valence-electron chi connectivity index (χ3n) is 3.83. The Hall–Kier alpha value is -2.63. The Morgan fingerprint density at radius 3 is 2.70 bits per heavy atom. The van der Waals surface area contributed by atoms with E-state index < -0.39 is 0 Å². The fourth-order valence-corrected chi connectivity index (χ4v) is 3.74. The summed E-state index contributed by atoms with van der Waals surface area (Å²) in [5.74, 6) is -0.0911. The van der Waals surface area contributed by atoms with Gasteiger partial charge in [0.1, 0.15) is 0 Å². The Labute approximate surface area is 168 Å². The van der Waals surface area contributed by atoms with Crippen LogP contribution in [0.3, 0.4) is 0 Å². The Morgan fingerprint density at radius 1 is 1.30 bits per heavy atom. The molecule has 0 saturated carbocycles. The minimum atomic E-state index is -0.211.